The predicted octanol–water partition coefficient (Wildman–Crippen LogP) is 3.29. The van der Waals surface area contributed by atoms with Crippen molar-refractivity contribution >= 4 is 0 Å². The molecule has 1 atom stereocenters. The van der Waals surface area contributed by atoms with Gasteiger partial charge in [0.05, 0.1) is 6.61 Å². The van der Waals surface area contributed by atoms with Crippen molar-refractivity contribution in [1.29, 1.82) is 0 Å². The molecule has 1 fully saturated rings. The number of methoxy groups -OCH3 is 1. The van der Waals surface area contributed by atoms with E-state index in [0.717, 1.165) is 31.7 Å². The number of hydrogen-bond acceptors (Lipinski definition) is 3. The maximum absolute atomic E-state index is 5.05. The van der Waals surface area contributed by atoms with E-state index in [1.807, 2.05) is 0 Å². The Hall–Kier alpha value is -0.120. The van der Waals surface area contributed by atoms with E-state index >= 15 is 0 Å². The Morgan fingerprint density at radius 1 is 1.15 bits per heavy atom. The van der Waals surface area contributed by atoms with Gasteiger partial charge in [-0.2, -0.15) is 0 Å². The molecule has 1 aliphatic rings. The van der Waals surface area contributed by atoms with Gasteiger partial charge in [0.2, 0.25) is 0 Å². The second-order valence-electron chi connectivity index (χ2n) is 6.28. The Morgan fingerprint density at radius 2 is 1.90 bits per heavy atom. The summed E-state index contributed by atoms with van der Waals surface area (Å²) in [6.07, 6.45) is 9.77. The maximum Gasteiger partial charge on any atom is 0.0587 e. The molecule has 120 valence electrons. The largest absolute Gasteiger partial charge is 0.383 e. The lowest BCUT2D eigenvalue weighted by Gasteiger charge is -2.44. The summed E-state index contributed by atoms with van der Waals surface area (Å²) in [5, 5.41) is 3.48. The number of hydrogen-bond donors (Lipinski definition) is 1. The normalized spacial score (nSPS) is 18.1. The molecule has 1 aliphatic heterocycles. The first-order valence-electron chi connectivity index (χ1n) is 8.75. The fraction of sp³-hybridized carbons (Fsp3) is 1.00. The topological polar surface area (TPSA) is 24.5 Å². The highest BCUT2D eigenvalue weighted by Gasteiger charge is 2.30. The molecule has 0 aromatic carbocycles. The first-order chi connectivity index (χ1) is 9.81. The highest BCUT2D eigenvalue weighted by Crippen LogP contribution is 2.23. The molecule has 0 aromatic heterocycles. The van der Waals surface area contributed by atoms with Crippen molar-refractivity contribution in [3.05, 3.63) is 0 Å². The first-order valence-corrected chi connectivity index (χ1v) is 8.75. The van der Waals surface area contributed by atoms with Gasteiger partial charge in [-0.3, -0.25) is 4.90 Å². The lowest BCUT2D eigenvalue weighted by Crippen LogP contribution is -2.55. The van der Waals surface area contributed by atoms with Gasteiger partial charge in [0.25, 0.3) is 0 Å². The van der Waals surface area contributed by atoms with Gasteiger partial charge < -0.3 is 10.1 Å². The molecular formula is C17H36N2O. The quantitative estimate of drug-likeness (QED) is 0.525. The van der Waals surface area contributed by atoms with Crippen LogP contribution in [0.3, 0.4) is 0 Å². The Morgan fingerprint density at radius 3 is 2.55 bits per heavy atom. The molecule has 1 N–H and O–H groups in total. The van der Waals surface area contributed by atoms with Crippen LogP contribution in [0.15, 0.2) is 0 Å². The van der Waals surface area contributed by atoms with Crippen LogP contribution in [0.4, 0.5) is 0 Å². The van der Waals surface area contributed by atoms with E-state index in [9.17, 15) is 0 Å². The van der Waals surface area contributed by atoms with Crippen LogP contribution in [0.2, 0.25) is 0 Å². The van der Waals surface area contributed by atoms with E-state index in [1.54, 1.807) is 7.11 Å². The van der Waals surface area contributed by atoms with Crippen molar-refractivity contribution < 1.29 is 4.74 Å². The number of unbranched alkanes of at least 4 members (excludes halogenated alkanes) is 4. The molecule has 1 heterocycles. The average Bonchev–Trinajstić information content (AvgIpc) is 2.42. The van der Waals surface area contributed by atoms with Crippen molar-refractivity contribution in [3.8, 4) is 0 Å². The van der Waals surface area contributed by atoms with Crippen LogP contribution < -0.4 is 5.32 Å². The fourth-order valence-electron chi connectivity index (χ4n) is 3.15. The molecule has 0 spiro atoms. The van der Waals surface area contributed by atoms with Gasteiger partial charge in [0, 0.05) is 39.3 Å². The van der Waals surface area contributed by atoms with E-state index in [2.05, 4.69) is 24.1 Å². The Kier molecular flexibility index (Phi) is 10.3. The Labute approximate surface area is 126 Å². The van der Waals surface area contributed by atoms with E-state index in [4.69, 9.17) is 4.74 Å². The standard InChI is InChI=1S/C17H36N2O/c1-4-6-7-8-9-10-17(5-2)19-14-16(15-19)13-18-11-12-20-3/h16-18H,4-15H2,1-3H3. The third-order valence-electron chi connectivity index (χ3n) is 4.53. The Bertz CT molecular complexity index is 217. The first kappa shape index (κ1) is 17.9. The van der Waals surface area contributed by atoms with E-state index in [0.29, 0.717) is 0 Å². The van der Waals surface area contributed by atoms with Crippen molar-refractivity contribution in [1.82, 2.24) is 10.2 Å². The number of likely N-dealkylation sites (tertiary alicyclic amines) is 1. The zero-order chi connectivity index (χ0) is 14.6. The van der Waals surface area contributed by atoms with E-state index < -0.39 is 0 Å². The van der Waals surface area contributed by atoms with Crippen LogP contribution in [0, 0.1) is 5.92 Å². The van der Waals surface area contributed by atoms with E-state index in [1.165, 1.54) is 58.0 Å². The minimum atomic E-state index is 0.825. The summed E-state index contributed by atoms with van der Waals surface area (Å²) in [6, 6.07) is 0.840. The Balaban J connectivity index is 2.01. The molecule has 1 rings (SSSR count). The third kappa shape index (κ3) is 7.05. The van der Waals surface area contributed by atoms with Crippen LogP contribution in [-0.4, -0.2) is 50.8 Å². The molecule has 1 unspecified atom stereocenters. The molecule has 3 nitrogen and oxygen atoms in total. The molecule has 0 amide bonds. The van der Waals surface area contributed by atoms with Crippen LogP contribution >= 0.6 is 0 Å². The molecule has 20 heavy (non-hydrogen) atoms. The molecule has 0 aliphatic carbocycles. The van der Waals surface area contributed by atoms with Gasteiger partial charge in [0.15, 0.2) is 0 Å². The molecule has 3 heteroatoms. The molecule has 1 saturated heterocycles. The zero-order valence-electron chi connectivity index (χ0n) is 14.0. The van der Waals surface area contributed by atoms with Crippen molar-refractivity contribution in [2.24, 2.45) is 5.92 Å². The lowest BCUT2D eigenvalue weighted by atomic mass is 9.94. The second kappa shape index (κ2) is 11.5. The SMILES string of the molecule is CCCCCCCC(CC)N1CC(CNCCOC)C1. The van der Waals surface area contributed by atoms with Crippen LogP contribution in [0.5, 0.6) is 0 Å². The van der Waals surface area contributed by atoms with Crippen LogP contribution in [0.1, 0.15) is 58.8 Å². The minimum absolute atomic E-state index is 0.825. The summed E-state index contributed by atoms with van der Waals surface area (Å²) in [5.41, 5.74) is 0. The highest BCUT2D eigenvalue weighted by molar-refractivity contribution is 4.86. The van der Waals surface area contributed by atoms with Crippen LogP contribution in [-0.2, 0) is 4.74 Å². The summed E-state index contributed by atoms with van der Waals surface area (Å²) < 4.78 is 5.05. The summed E-state index contributed by atoms with van der Waals surface area (Å²) in [7, 11) is 1.76. The van der Waals surface area contributed by atoms with Crippen molar-refractivity contribution in [2.45, 2.75) is 64.8 Å². The van der Waals surface area contributed by atoms with Gasteiger partial charge in [-0.1, -0.05) is 46.0 Å². The van der Waals surface area contributed by atoms with Crippen molar-refractivity contribution in [2.75, 3.05) is 39.9 Å². The fourth-order valence-corrected chi connectivity index (χ4v) is 3.15. The maximum atomic E-state index is 5.05. The molecular weight excluding hydrogens is 248 g/mol. The van der Waals surface area contributed by atoms with Gasteiger partial charge in [0.1, 0.15) is 0 Å². The van der Waals surface area contributed by atoms with Gasteiger partial charge >= 0.3 is 0 Å². The molecule has 0 aromatic rings. The monoisotopic (exact) mass is 284 g/mol. The molecule has 0 radical (unpaired) electrons. The highest BCUT2D eigenvalue weighted by atomic mass is 16.5. The second-order valence-corrected chi connectivity index (χ2v) is 6.28. The van der Waals surface area contributed by atoms with Crippen molar-refractivity contribution in [3.63, 3.8) is 0 Å². The number of ether oxygens (including phenoxy) is 1. The zero-order valence-corrected chi connectivity index (χ0v) is 14.0. The van der Waals surface area contributed by atoms with Gasteiger partial charge in [-0.25, -0.2) is 0 Å². The molecule has 0 bridgehead atoms. The van der Waals surface area contributed by atoms with Crippen LogP contribution in [0.25, 0.3) is 0 Å². The number of nitrogens with zero attached hydrogens (tertiary/aromatic N) is 1. The lowest BCUT2D eigenvalue weighted by molar-refractivity contribution is 0.0446. The van der Waals surface area contributed by atoms with E-state index in [-0.39, 0.29) is 0 Å². The average molecular weight is 284 g/mol. The van der Waals surface area contributed by atoms with Gasteiger partial charge in [-0.05, 0) is 18.8 Å². The smallest absolute Gasteiger partial charge is 0.0587 e. The summed E-state index contributed by atoms with van der Waals surface area (Å²) in [4.78, 5) is 2.70. The summed E-state index contributed by atoms with van der Waals surface area (Å²) in [6.45, 7) is 10.2. The minimum Gasteiger partial charge on any atom is -0.383 e. The van der Waals surface area contributed by atoms with Gasteiger partial charge in [-0.15, -0.1) is 0 Å². The number of rotatable bonds is 13. The third-order valence-corrected chi connectivity index (χ3v) is 4.53. The number of nitrogens with one attached hydrogen (secondary N) is 1. The summed E-state index contributed by atoms with van der Waals surface area (Å²) >= 11 is 0. The summed E-state index contributed by atoms with van der Waals surface area (Å²) in [5.74, 6) is 0.862. The molecule has 0 saturated carbocycles. The predicted molar refractivity (Wildman–Crippen MR) is 87.3 cm³/mol.